The topological polar surface area (TPSA) is 48.5 Å². The SMILES string of the molecule is CN1CCC(N(C)C(=O)Nc2ccc(-c3ccccc3)nc2)CC1. The Hall–Kier alpha value is -2.40. The Morgan fingerprint density at radius 3 is 2.50 bits per heavy atom. The number of benzene rings is 1. The second-order valence-electron chi connectivity index (χ2n) is 6.37. The van der Waals surface area contributed by atoms with Crippen LogP contribution in [-0.2, 0) is 0 Å². The molecule has 24 heavy (non-hydrogen) atoms. The van der Waals surface area contributed by atoms with Gasteiger partial charge >= 0.3 is 6.03 Å². The minimum absolute atomic E-state index is 0.0705. The van der Waals surface area contributed by atoms with Crippen molar-refractivity contribution in [2.24, 2.45) is 0 Å². The van der Waals surface area contributed by atoms with Gasteiger partial charge in [0.2, 0.25) is 0 Å². The van der Waals surface area contributed by atoms with Crippen LogP contribution < -0.4 is 5.32 Å². The van der Waals surface area contributed by atoms with Gasteiger partial charge in [-0.25, -0.2) is 4.79 Å². The number of piperidine rings is 1. The fraction of sp³-hybridized carbons (Fsp3) is 0.368. The van der Waals surface area contributed by atoms with Crippen molar-refractivity contribution in [2.45, 2.75) is 18.9 Å². The zero-order valence-corrected chi connectivity index (χ0v) is 14.3. The van der Waals surface area contributed by atoms with Crippen LogP contribution in [0.4, 0.5) is 10.5 Å². The molecular formula is C19H24N4O. The minimum Gasteiger partial charge on any atom is -0.325 e. The van der Waals surface area contributed by atoms with Gasteiger partial charge in [0.15, 0.2) is 0 Å². The highest BCUT2D eigenvalue weighted by Gasteiger charge is 2.23. The molecule has 1 aromatic carbocycles. The van der Waals surface area contributed by atoms with Crippen LogP contribution in [0.2, 0.25) is 0 Å². The highest BCUT2D eigenvalue weighted by molar-refractivity contribution is 5.89. The number of likely N-dealkylation sites (tertiary alicyclic amines) is 1. The van der Waals surface area contributed by atoms with Gasteiger partial charge in [0.05, 0.1) is 17.6 Å². The molecule has 0 radical (unpaired) electrons. The Labute approximate surface area is 143 Å². The summed E-state index contributed by atoms with van der Waals surface area (Å²) in [6, 6.07) is 14.1. The maximum absolute atomic E-state index is 12.4. The molecule has 3 rings (SSSR count). The van der Waals surface area contributed by atoms with Gasteiger partial charge in [0, 0.05) is 18.7 Å². The van der Waals surface area contributed by atoms with E-state index in [0.29, 0.717) is 6.04 Å². The van der Waals surface area contributed by atoms with Crippen LogP contribution in [-0.4, -0.2) is 54.0 Å². The first-order chi connectivity index (χ1) is 11.6. The normalized spacial score (nSPS) is 15.9. The second-order valence-corrected chi connectivity index (χ2v) is 6.37. The lowest BCUT2D eigenvalue weighted by molar-refractivity contribution is 0.156. The van der Waals surface area contributed by atoms with Crippen molar-refractivity contribution in [2.75, 3.05) is 32.5 Å². The molecule has 1 aliphatic heterocycles. The van der Waals surface area contributed by atoms with Crippen LogP contribution in [0.5, 0.6) is 0 Å². The highest BCUT2D eigenvalue weighted by atomic mass is 16.2. The summed E-state index contributed by atoms with van der Waals surface area (Å²) in [5, 5.41) is 2.94. The largest absolute Gasteiger partial charge is 0.325 e. The lowest BCUT2D eigenvalue weighted by atomic mass is 10.0. The number of amides is 2. The summed E-state index contributed by atoms with van der Waals surface area (Å²) in [5.74, 6) is 0. The van der Waals surface area contributed by atoms with Crippen molar-refractivity contribution < 1.29 is 4.79 Å². The number of nitrogens with one attached hydrogen (secondary N) is 1. The predicted molar refractivity (Wildman–Crippen MR) is 97.0 cm³/mol. The smallest absolute Gasteiger partial charge is 0.321 e. The molecular weight excluding hydrogens is 300 g/mol. The molecule has 0 aliphatic carbocycles. The van der Waals surface area contributed by atoms with E-state index in [1.54, 1.807) is 6.20 Å². The number of hydrogen-bond donors (Lipinski definition) is 1. The second kappa shape index (κ2) is 7.45. The van der Waals surface area contributed by atoms with E-state index in [9.17, 15) is 4.79 Å². The van der Waals surface area contributed by atoms with E-state index < -0.39 is 0 Å². The monoisotopic (exact) mass is 324 g/mol. The Morgan fingerprint density at radius 1 is 1.17 bits per heavy atom. The van der Waals surface area contributed by atoms with E-state index in [4.69, 9.17) is 0 Å². The van der Waals surface area contributed by atoms with Gasteiger partial charge in [-0.15, -0.1) is 0 Å². The van der Waals surface area contributed by atoms with Crippen LogP contribution >= 0.6 is 0 Å². The number of nitrogens with zero attached hydrogens (tertiary/aromatic N) is 3. The molecule has 2 aromatic rings. The summed E-state index contributed by atoms with van der Waals surface area (Å²) in [7, 11) is 3.99. The summed E-state index contributed by atoms with van der Waals surface area (Å²) in [6.45, 7) is 2.07. The van der Waals surface area contributed by atoms with Gasteiger partial charge < -0.3 is 15.1 Å². The Balaban J connectivity index is 1.60. The summed E-state index contributed by atoms with van der Waals surface area (Å²) in [5.41, 5.74) is 2.69. The number of aromatic nitrogens is 1. The summed E-state index contributed by atoms with van der Waals surface area (Å²) in [4.78, 5) is 21.0. The minimum atomic E-state index is -0.0705. The Kier molecular flexibility index (Phi) is 5.11. The Bertz CT molecular complexity index is 664. The van der Waals surface area contributed by atoms with Crippen molar-refractivity contribution >= 4 is 11.7 Å². The molecule has 1 fully saturated rings. The maximum Gasteiger partial charge on any atom is 0.321 e. The zero-order valence-electron chi connectivity index (χ0n) is 14.3. The molecule has 126 valence electrons. The van der Waals surface area contributed by atoms with Crippen LogP contribution in [0.1, 0.15) is 12.8 Å². The van der Waals surface area contributed by atoms with Crippen LogP contribution in [0.25, 0.3) is 11.3 Å². The third kappa shape index (κ3) is 3.92. The number of rotatable bonds is 3. The van der Waals surface area contributed by atoms with Crippen LogP contribution in [0.3, 0.4) is 0 Å². The molecule has 2 amide bonds. The predicted octanol–water partition coefficient (Wildman–Crippen LogP) is 3.31. The molecule has 1 N–H and O–H groups in total. The van der Waals surface area contributed by atoms with E-state index in [1.165, 1.54) is 0 Å². The summed E-state index contributed by atoms with van der Waals surface area (Å²) < 4.78 is 0. The first kappa shape index (κ1) is 16.5. The van der Waals surface area contributed by atoms with Crippen molar-refractivity contribution in [1.29, 1.82) is 0 Å². The van der Waals surface area contributed by atoms with Gasteiger partial charge in [0.1, 0.15) is 0 Å². The van der Waals surface area contributed by atoms with Gasteiger partial charge in [-0.1, -0.05) is 30.3 Å². The summed E-state index contributed by atoms with van der Waals surface area (Å²) >= 11 is 0. The van der Waals surface area contributed by atoms with Gasteiger partial charge in [-0.3, -0.25) is 4.98 Å². The molecule has 5 nitrogen and oxygen atoms in total. The van der Waals surface area contributed by atoms with E-state index in [-0.39, 0.29) is 6.03 Å². The maximum atomic E-state index is 12.4. The third-order valence-electron chi connectivity index (χ3n) is 4.64. The number of anilines is 1. The zero-order chi connectivity index (χ0) is 16.9. The average Bonchev–Trinajstić information content (AvgIpc) is 2.63. The molecule has 1 aromatic heterocycles. The lowest BCUT2D eigenvalue weighted by Gasteiger charge is -2.35. The standard InChI is InChI=1S/C19H24N4O/c1-22-12-10-17(11-13-22)23(2)19(24)21-16-8-9-18(20-14-16)15-6-4-3-5-7-15/h3-9,14,17H,10-13H2,1-2H3,(H,21,24). The first-order valence-electron chi connectivity index (χ1n) is 8.37. The van der Waals surface area contributed by atoms with Crippen molar-refractivity contribution in [3.05, 3.63) is 48.7 Å². The number of carbonyl (C=O) groups is 1. The molecule has 0 saturated carbocycles. The number of hydrogen-bond acceptors (Lipinski definition) is 3. The molecule has 0 unspecified atom stereocenters. The summed E-state index contributed by atoms with van der Waals surface area (Å²) in [6.07, 6.45) is 3.75. The molecule has 5 heteroatoms. The fourth-order valence-corrected chi connectivity index (χ4v) is 3.01. The van der Waals surface area contributed by atoms with Gasteiger partial charge in [-0.2, -0.15) is 0 Å². The lowest BCUT2D eigenvalue weighted by Crippen LogP contribution is -2.46. The van der Waals surface area contributed by atoms with Crippen molar-refractivity contribution in [3.63, 3.8) is 0 Å². The molecule has 0 spiro atoms. The van der Waals surface area contributed by atoms with Crippen LogP contribution in [0.15, 0.2) is 48.7 Å². The van der Waals surface area contributed by atoms with E-state index in [2.05, 4.69) is 22.2 Å². The van der Waals surface area contributed by atoms with Gasteiger partial charge in [0.25, 0.3) is 0 Å². The molecule has 0 bridgehead atoms. The van der Waals surface area contributed by atoms with Crippen molar-refractivity contribution in [1.82, 2.24) is 14.8 Å². The number of pyridine rings is 1. The molecule has 2 heterocycles. The average molecular weight is 324 g/mol. The van der Waals surface area contributed by atoms with Crippen LogP contribution in [0, 0.1) is 0 Å². The molecule has 1 aliphatic rings. The van der Waals surface area contributed by atoms with E-state index in [1.807, 2.05) is 54.4 Å². The molecule has 1 saturated heterocycles. The van der Waals surface area contributed by atoms with E-state index in [0.717, 1.165) is 42.9 Å². The highest BCUT2D eigenvalue weighted by Crippen LogP contribution is 2.19. The van der Waals surface area contributed by atoms with Gasteiger partial charge in [-0.05, 0) is 45.1 Å². The fourth-order valence-electron chi connectivity index (χ4n) is 3.01. The first-order valence-corrected chi connectivity index (χ1v) is 8.37. The number of carbonyl (C=O) groups excluding carboxylic acids is 1. The third-order valence-corrected chi connectivity index (χ3v) is 4.64. The number of urea groups is 1. The van der Waals surface area contributed by atoms with Crippen molar-refractivity contribution in [3.8, 4) is 11.3 Å². The van der Waals surface area contributed by atoms with E-state index >= 15 is 0 Å². The molecule has 0 atom stereocenters. The quantitative estimate of drug-likeness (QED) is 0.942. The Morgan fingerprint density at radius 2 is 1.88 bits per heavy atom.